The maximum Gasteiger partial charge on any atom is 0.273 e. The molecule has 1 aliphatic rings. The third kappa shape index (κ3) is 4.29. The molecule has 0 spiro atoms. The fourth-order valence-corrected chi connectivity index (χ4v) is 1.79. The van der Waals surface area contributed by atoms with Crippen LogP contribution in [0.5, 0.6) is 0 Å². The Morgan fingerprint density at radius 1 is 1.52 bits per heavy atom. The van der Waals surface area contributed by atoms with Crippen molar-refractivity contribution < 1.29 is 9.59 Å². The lowest BCUT2D eigenvalue weighted by molar-refractivity contribution is -0.121. The van der Waals surface area contributed by atoms with Crippen LogP contribution in [0.3, 0.4) is 0 Å². The molecule has 1 fully saturated rings. The number of carbonyl (C=O) groups excluding carboxylic acids is 2. The van der Waals surface area contributed by atoms with E-state index in [1.54, 1.807) is 19.2 Å². The summed E-state index contributed by atoms with van der Waals surface area (Å²) in [6, 6.07) is 3.69. The number of amides is 2. The van der Waals surface area contributed by atoms with Crippen LogP contribution in [0.15, 0.2) is 18.3 Å². The van der Waals surface area contributed by atoms with Gasteiger partial charge in [0.25, 0.3) is 5.91 Å². The molecule has 1 heterocycles. The van der Waals surface area contributed by atoms with Gasteiger partial charge in [-0.2, -0.15) is 0 Å². The fourth-order valence-electron chi connectivity index (χ4n) is 1.79. The first-order valence-corrected chi connectivity index (χ1v) is 6.80. The van der Waals surface area contributed by atoms with Gasteiger partial charge in [0.1, 0.15) is 5.69 Å². The molecule has 0 atom stereocenters. The summed E-state index contributed by atoms with van der Waals surface area (Å²) in [4.78, 5) is 29.5. The first-order valence-electron chi connectivity index (χ1n) is 6.80. The second kappa shape index (κ2) is 6.86. The van der Waals surface area contributed by atoms with Crippen molar-refractivity contribution in [3.05, 3.63) is 29.6 Å². The summed E-state index contributed by atoms with van der Waals surface area (Å²) in [5, 5.41) is 2.84. The number of hydrogen-bond donors (Lipinski definition) is 2. The number of likely N-dealkylation sites (N-methyl/N-ethyl adjacent to an activating group) is 1. The second-order valence-corrected chi connectivity index (χ2v) is 4.91. The molecule has 6 heteroatoms. The Morgan fingerprint density at radius 2 is 2.29 bits per heavy atom. The smallest absolute Gasteiger partial charge is 0.273 e. The van der Waals surface area contributed by atoms with Crippen molar-refractivity contribution >= 4 is 11.8 Å². The first kappa shape index (κ1) is 15.0. The topological polar surface area (TPSA) is 88.3 Å². The Hall–Kier alpha value is -2.39. The SMILES string of the molecule is CN(CC(=O)NC1CC1)C(=O)c1ncccc1C#CCN. The number of nitrogens with two attached hydrogens (primary N) is 1. The van der Waals surface area contributed by atoms with Gasteiger partial charge in [0, 0.05) is 19.3 Å². The molecule has 0 aromatic carbocycles. The van der Waals surface area contributed by atoms with E-state index in [1.165, 1.54) is 11.1 Å². The number of rotatable bonds is 4. The highest BCUT2D eigenvalue weighted by molar-refractivity contribution is 5.96. The largest absolute Gasteiger partial charge is 0.352 e. The van der Waals surface area contributed by atoms with Crippen LogP contribution < -0.4 is 11.1 Å². The molecule has 0 saturated heterocycles. The average Bonchev–Trinajstić information content (AvgIpc) is 3.28. The molecule has 0 unspecified atom stereocenters. The molecule has 2 amide bonds. The molecule has 0 bridgehead atoms. The van der Waals surface area contributed by atoms with Crippen LogP contribution in [0.25, 0.3) is 0 Å². The molecule has 110 valence electrons. The van der Waals surface area contributed by atoms with Gasteiger partial charge in [0.05, 0.1) is 18.7 Å². The second-order valence-electron chi connectivity index (χ2n) is 4.91. The summed E-state index contributed by atoms with van der Waals surface area (Å²) >= 11 is 0. The van der Waals surface area contributed by atoms with Gasteiger partial charge in [-0.15, -0.1) is 0 Å². The molecule has 0 radical (unpaired) electrons. The van der Waals surface area contributed by atoms with Crippen molar-refractivity contribution in [3.63, 3.8) is 0 Å². The van der Waals surface area contributed by atoms with Gasteiger partial charge in [-0.25, -0.2) is 4.98 Å². The lowest BCUT2D eigenvalue weighted by atomic mass is 10.2. The number of hydrogen-bond acceptors (Lipinski definition) is 4. The predicted octanol–water partition coefficient (Wildman–Crippen LogP) is -0.258. The van der Waals surface area contributed by atoms with E-state index < -0.39 is 0 Å². The minimum atomic E-state index is -0.331. The zero-order valence-electron chi connectivity index (χ0n) is 11.9. The summed E-state index contributed by atoms with van der Waals surface area (Å²) in [5.74, 6) is 5.04. The third-order valence-electron chi connectivity index (χ3n) is 3.01. The summed E-state index contributed by atoms with van der Waals surface area (Å²) in [5.41, 5.74) is 6.09. The molecule has 1 aromatic heterocycles. The summed E-state index contributed by atoms with van der Waals surface area (Å²) in [6.07, 6.45) is 3.56. The Labute approximate surface area is 123 Å². The Kier molecular flexibility index (Phi) is 4.90. The van der Waals surface area contributed by atoms with E-state index in [0.717, 1.165) is 12.8 Å². The van der Waals surface area contributed by atoms with Crippen LogP contribution in [0, 0.1) is 11.8 Å². The Bertz CT molecular complexity index is 599. The molecule has 0 aliphatic heterocycles. The van der Waals surface area contributed by atoms with E-state index >= 15 is 0 Å². The van der Waals surface area contributed by atoms with Crippen LogP contribution >= 0.6 is 0 Å². The monoisotopic (exact) mass is 286 g/mol. The van der Waals surface area contributed by atoms with Crippen molar-refractivity contribution in [2.24, 2.45) is 5.73 Å². The van der Waals surface area contributed by atoms with Gasteiger partial charge in [0.2, 0.25) is 5.91 Å². The highest BCUT2D eigenvalue weighted by Gasteiger charge is 2.25. The summed E-state index contributed by atoms with van der Waals surface area (Å²) in [7, 11) is 1.57. The minimum Gasteiger partial charge on any atom is -0.352 e. The summed E-state index contributed by atoms with van der Waals surface area (Å²) in [6.45, 7) is 0.220. The van der Waals surface area contributed by atoms with Crippen molar-refractivity contribution in [3.8, 4) is 11.8 Å². The molecule has 1 saturated carbocycles. The van der Waals surface area contributed by atoms with E-state index in [2.05, 4.69) is 22.1 Å². The Balaban J connectivity index is 2.05. The molecule has 3 N–H and O–H groups in total. The fraction of sp³-hybridized carbons (Fsp3) is 0.400. The maximum atomic E-state index is 12.3. The lowest BCUT2D eigenvalue weighted by Crippen LogP contribution is -2.39. The van der Waals surface area contributed by atoms with Gasteiger partial charge in [-0.05, 0) is 25.0 Å². The predicted molar refractivity (Wildman–Crippen MR) is 78.3 cm³/mol. The molecular weight excluding hydrogens is 268 g/mol. The quantitative estimate of drug-likeness (QED) is 0.747. The standard InChI is InChI=1S/C15H18N4O2/c1-19(10-13(20)18-12-6-7-12)15(21)14-11(4-2-8-16)5-3-9-17-14/h3,5,9,12H,6-8,10,16H2,1H3,(H,18,20). The van der Waals surface area contributed by atoms with Crippen molar-refractivity contribution in [2.45, 2.75) is 18.9 Å². The zero-order chi connectivity index (χ0) is 15.2. The number of nitrogens with one attached hydrogen (secondary N) is 1. The molecule has 1 aromatic rings. The third-order valence-corrected chi connectivity index (χ3v) is 3.01. The maximum absolute atomic E-state index is 12.3. The molecular formula is C15H18N4O2. The van der Waals surface area contributed by atoms with Gasteiger partial charge < -0.3 is 16.0 Å². The number of aromatic nitrogens is 1. The molecule has 2 rings (SSSR count). The van der Waals surface area contributed by atoms with Crippen LogP contribution in [0.1, 0.15) is 28.9 Å². The number of carbonyl (C=O) groups is 2. The van der Waals surface area contributed by atoms with Gasteiger partial charge in [0.15, 0.2) is 0 Å². The van der Waals surface area contributed by atoms with E-state index in [9.17, 15) is 9.59 Å². The number of pyridine rings is 1. The van der Waals surface area contributed by atoms with Crippen molar-refractivity contribution in [2.75, 3.05) is 20.1 Å². The van der Waals surface area contributed by atoms with Gasteiger partial charge in [-0.1, -0.05) is 11.8 Å². The van der Waals surface area contributed by atoms with Crippen LogP contribution in [-0.4, -0.2) is 47.9 Å². The molecule has 21 heavy (non-hydrogen) atoms. The van der Waals surface area contributed by atoms with E-state index in [0.29, 0.717) is 5.56 Å². The summed E-state index contributed by atoms with van der Waals surface area (Å²) < 4.78 is 0. The minimum absolute atomic E-state index is 0.00959. The molecule has 1 aliphatic carbocycles. The van der Waals surface area contributed by atoms with Crippen molar-refractivity contribution in [1.82, 2.24) is 15.2 Å². The zero-order valence-corrected chi connectivity index (χ0v) is 11.9. The van der Waals surface area contributed by atoms with Gasteiger partial charge in [-0.3, -0.25) is 9.59 Å². The highest BCUT2D eigenvalue weighted by atomic mass is 16.2. The van der Waals surface area contributed by atoms with Crippen LogP contribution in [0.4, 0.5) is 0 Å². The normalized spacial score (nSPS) is 13.0. The first-order chi connectivity index (χ1) is 10.1. The van der Waals surface area contributed by atoms with E-state index in [1.807, 2.05) is 0 Å². The van der Waals surface area contributed by atoms with E-state index in [-0.39, 0.29) is 36.6 Å². The number of nitrogens with zero attached hydrogens (tertiary/aromatic N) is 2. The lowest BCUT2D eigenvalue weighted by Gasteiger charge is -2.16. The average molecular weight is 286 g/mol. The van der Waals surface area contributed by atoms with Crippen LogP contribution in [0.2, 0.25) is 0 Å². The van der Waals surface area contributed by atoms with Crippen molar-refractivity contribution in [1.29, 1.82) is 0 Å². The van der Waals surface area contributed by atoms with E-state index in [4.69, 9.17) is 5.73 Å². The molecule has 6 nitrogen and oxygen atoms in total. The van der Waals surface area contributed by atoms with Crippen LogP contribution in [-0.2, 0) is 4.79 Å². The Morgan fingerprint density at radius 3 is 2.95 bits per heavy atom. The van der Waals surface area contributed by atoms with Gasteiger partial charge >= 0.3 is 0 Å². The highest BCUT2D eigenvalue weighted by Crippen LogP contribution is 2.18.